The van der Waals surface area contributed by atoms with Crippen molar-refractivity contribution in [3.63, 3.8) is 0 Å². The number of pyridine rings is 1. The molecule has 4 rings (SSSR count). The molecule has 1 saturated heterocycles. The first-order valence-electron chi connectivity index (χ1n) is 8.93. The number of nitrogens with one attached hydrogen (secondary N) is 1. The zero-order valence-corrected chi connectivity index (χ0v) is 15.1. The molecule has 28 heavy (non-hydrogen) atoms. The Balaban J connectivity index is 1.58. The SMILES string of the molecule is O=CN1CCN(C(=O)c2nc(C(=O)NCc3ccco3)n3ccccc23)CC1. The van der Waals surface area contributed by atoms with Crippen LogP contribution in [0.5, 0.6) is 0 Å². The van der Waals surface area contributed by atoms with Crippen molar-refractivity contribution in [1.82, 2.24) is 24.5 Å². The molecule has 1 fully saturated rings. The number of aromatic nitrogens is 2. The van der Waals surface area contributed by atoms with Crippen LogP contribution >= 0.6 is 0 Å². The molecular weight excluding hydrogens is 362 g/mol. The summed E-state index contributed by atoms with van der Waals surface area (Å²) in [7, 11) is 0. The van der Waals surface area contributed by atoms with Gasteiger partial charge in [-0.15, -0.1) is 0 Å². The maximum absolute atomic E-state index is 13.0. The maximum Gasteiger partial charge on any atom is 0.288 e. The summed E-state index contributed by atoms with van der Waals surface area (Å²) in [5.41, 5.74) is 0.789. The van der Waals surface area contributed by atoms with Crippen molar-refractivity contribution < 1.29 is 18.8 Å². The molecule has 0 aromatic carbocycles. The summed E-state index contributed by atoms with van der Waals surface area (Å²) >= 11 is 0. The number of imidazole rings is 1. The van der Waals surface area contributed by atoms with Gasteiger partial charge in [0.05, 0.1) is 18.3 Å². The lowest BCUT2D eigenvalue weighted by Crippen LogP contribution is -2.48. The molecule has 0 radical (unpaired) electrons. The summed E-state index contributed by atoms with van der Waals surface area (Å²) in [6, 6.07) is 8.83. The lowest BCUT2D eigenvalue weighted by Gasteiger charge is -2.32. The topological polar surface area (TPSA) is 100 Å². The molecule has 4 heterocycles. The van der Waals surface area contributed by atoms with Gasteiger partial charge in [0.2, 0.25) is 12.2 Å². The van der Waals surface area contributed by atoms with Crippen LogP contribution in [0.2, 0.25) is 0 Å². The number of amides is 3. The molecule has 1 N–H and O–H groups in total. The molecule has 144 valence electrons. The molecule has 0 bridgehead atoms. The second-order valence-corrected chi connectivity index (χ2v) is 6.44. The quantitative estimate of drug-likeness (QED) is 0.658. The number of carbonyl (C=O) groups excluding carboxylic acids is 3. The Bertz CT molecular complexity index is 1000. The fourth-order valence-electron chi connectivity index (χ4n) is 3.20. The van der Waals surface area contributed by atoms with E-state index in [0.717, 1.165) is 6.41 Å². The number of furan rings is 1. The first-order valence-corrected chi connectivity index (χ1v) is 8.93. The van der Waals surface area contributed by atoms with Crippen molar-refractivity contribution >= 4 is 23.7 Å². The summed E-state index contributed by atoms with van der Waals surface area (Å²) < 4.78 is 6.82. The van der Waals surface area contributed by atoms with E-state index in [0.29, 0.717) is 37.5 Å². The van der Waals surface area contributed by atoms with Crippen LogP contribution in [-0.2, 0) is 11.3 Å². The molecule has 1 aliphatic heterocycles. The zero-order chi connectivity index (χ0) is 19.5. The van der Waals surface area contributed by atoms with Gasteiger partial charge >= 0.3 is 0 Å². The third kappa shape index (κ3) is 3.34. The predicted octanol–water partition coefficient (Wildman–Crippen LogP) is 0.772. The smallest absolute Gasteiger partial charge is 0.288 e. The van der Waals surface area contributed by atoms with Crippen LogP contribution in [0.25, 0.3) is 5.52 Å². The summed E-state index contributed by atoms with van der Waals surface area (Å²) in [4.78, 5) is 44.1. The lowest BCUT2D eigenvalue weighted by molar-refractivity contribution is -0.119. The van der Waals surface area contributed by atoms with Gasteiger partial charge in [-0.2, -0.15) is 0 Å². The van der Waals surface area contributed by atoms with E-state index in [1.165, 1.54) is 6.26 Å². The molecule has 3 aromatic heterocycles. The summed E-state index contributed by atoms with van der Waals surface area (Å²) in [5, 5.41) is 2.75. The highest BCUT2D eigenvalue weighted by atomic mass is 16.3. The Morgan fingerprint density at radius 3 is 2.68 bits per heavy atom. The van der Waals surface area contributed by atoms with Crippen molar-refractivity contribution in [1.29, 1.82) is 0 Å². The molecule has 9 nitrogen and oxygen atoms in total. The van der Waals surface area contributed by atoms with E-state index < -0.39 is 5.91 Å². The summed E-state index contributed by atoms with van der Waals surface area (Å²) in [6.45, 7) is 2.06. The molecule has 0 saturated carbocycles. The minimum absolute atomic E-state index is 0.136. The molecule has 0 atom stereocenters. The number of nitrogens with zero attached hydrogens (tertiary/aromatic N) is 4. The van der Waals surface area contributed by atoms with E-state index >= 15 is 0 Å². The number of rotatable bonds is 5. The Morgan fingerprint density at radius 2 is 1.96 bits per heavy atom. The van der Waals surface area contributed by atoms with Crippen molar-refractivity contribution in [3.8, 4) is 0 Å². The third-order valence-electron chi connectivity index (χ3n) is 4.71. The molecule has 0 spiro atoms. The number of fused-ring (bicyclic) bond motifs is 1. The van der Waals surface area contributed by atoms with Gasteiger partial charge in [0.1, 0.15) is 5.76 Å². The normalized spacial score (nSPS) is 14.3. The standard InChI is InChI=1S/C19H19N5O4/c25-13-22-7-9-23(10-8-22)19(27)16-15-5-1-2-6-24(15)17(21-16)18(26)20-12-14-4-3-11-28-14/h1-6,11,13H,7-10,12H2,(H,20,26). The number of piperazine rings is 1. The molecular formula is C19H19N5O4. The van der Waals surface area contributed by atoms with Gasteiger partial charge in [-0.05, 0) is 24.3 Å². The zero-order valence-electron chi connectivity index (χ0n) is 15.1. The van der Waals surface area contributed by atoms with E-state index in [4.69, 9.17) is 4.42 Å². The van der Waals surface area contributed by atoms with E-state index in [2.05, 4.69) is 10.3 Å². The summed E-state index contributed by atoms with van der Waals surface area (Å²) in [5.74, 6) is 0.109. The van der Waals surface area contributed by atoms with Crippen molar-refractivity contribution in [2.24, 2.45) is 0 Å². The molecule has 9 heteroatoms. The van der Waals surface area contributed by atoms with Gasteiger partial charge in [0.25, 0.3) is 11.8 Å². The fraction of sp³-hybridized carbons (Fsp3) is 0.263. The second-order valence-electron chi connectivity index (χ2n) is 6.44. The van der Waals surface area contributed by atoms with Gasteiger partial charge in [0, 0.05) is 32.4 Å². The minimum Gasteiger partial charge on any atom is -0.467 e. The van der Waals surface area contributed by atoms with Crippen LogP contribution in [0.3, 0.4) is 0 Å². The van der Waals surface area contributed by atoms with Crippen LogP contribution in [0.1, 0.15) is 26.9 Å². The second kappa shape index (κ2) is 7.55. The number of hydrogen-bond acceptors (Lipinski definition) is 5. The van der Waals surface area contributed by atoms with Gasteiger partial charge in [-0.3, -0.25) is 18.8 Å². The number of hydrogen-bond donors (Lipinski definition) is 1. The highest BCUT2D eigenvalue weighted by Crippen LogP contribution is 2.17. The monoisotopic (exact) mass is 381 g/mol. The van der Waals surface area contributed by atoms with Crippen molar-refractivity contribution in [3.05, 3.63) is 60.1 Å². The maximum atomic E-state index is 13.0. The first-order chi connectivity index (χ1) is 13.7. The minimum atomic E-state index is -0.401. The van der Waals surface area contributed by atoms with E-state index in [1.54, 1.807) is 50.7 Å². The average Bonchev–Trinajstić information content (AvgIpc) is 3.39. The van der Waals surface area contributed by atoms with Gasteiger partial charge < -0.3 is 19.5 Å². The highest BCUT2D eigenvalue weighted by molar-refractivity contribution is 6.02. The van der Waals surface area contributed by atoms with E-state index in [1.807, 2.05) is 0 Å². The first kappa shape index (κ1) is 17.8. The van der Waals surface area contributed by atoms with Crippen LogP contribution in [-0.4, -0.2) is 63.6 Å². The Kier molecular flexibility index (Phi) is 4.79. The fourth-order valence-corrected chi connectivity index (χ4v) is 3.20. The van der Waals surface area contributed by atoms with E-state index in [9.17, 15) is 14.4 Å². The average molecular weight is 381 g/mol. The van der Waals surface area contributed by atoms with Gasteiger partial charge in [0.15, 0.2) is 5.69 Å². The summed E-state index contributed by atoms with van der Waals surface area (Å²) in [6.07, 6.45) is 4.02. The van der Waals surface area contributed by atoms with Crippen molar-refractivity contribution in [2.45, 2.75) is 6.54 Å². The van der Waals surface area contributed by atoms with Crippen LogP contribution in [0.15, 0.2) is 47.2 Å². The van der Waals surface area contributed by atoms with Crippen LogP contribution < -0.4 is 5.32 Å². The van der Waals surface area contributed by atoms with Crippen molar-refractivity contribution in [2.75, 3.05) is 26.2 Å². The van der Waals surface area contributed by atoms with E-state index in [-0.39, 0.29) is 24.0 Å². The molecule has 0 aliphatic carbocycles. The van der Waals surface area contributed by atoms with Crippen LogP contribution in [0.4, 0.5) is 0 Å². The van der Waals surface area contributed by atoms with Gasteiger partial charge in [-0.1, -0.05) is 6.07 Å². The number of carbonyl (C=O) groups is 3. The van der Waals surface area contributed by atoms with Gasteiger partial charge in [-0.25, -0.2) is 4.98 Å². The molecule has 1 aliphatic rings. The molecule has 3 aromatic rings. The Morgan fingerprint density at radius 1 is 1.14 bits per heavy atom. The predicted molar refractivity (Wildman–Crippen MR) is 98.6 cm³/mol. The molecule has 3 amide bonds. The highest BCUT2D eigenvalue weighted by Gasteiger charge is 2.27. The lowest BCUT2D eigenvalue weighted by atomic mass is 10.2. The molecule has 0 unspecified atom stereocenters. The largest absolute Gasteiger partial charge is 0.467 e. The Hall–Kier alpha value is -3.62. The third-order valence-corrected chi connectivity index (χ3v) is 4.71. The van der Waals surface area contributed by atoms with Crippen LogP contribution in [0, 0.1) is 0 Å². The Labute approximate surface area is 160 Å².